The molecule has 0 unspecified atom stereocenters. The maximum Gasteiger partial charge on any atom is 0.273 e. The summed E-state index contributed by atoms with van der Waals surface area (Å²) in [5, 5.41) is 14.1. The molecule has 0 saturated heterocycles. The topological polar surface area (TPSA) is 88.9 Å². The van der Waals surface area contributed by atoms with Crippen LogP contribution in [0.1, 0.15) is 55.7 Å². The molecule has 1 fully saturated rings. The van der Waals surface area contributed by atoms with Gasteiger partial charge < -0.3 is 10.6 Å². The number of carbonyl (C=O) groups excluding carboxylic acids is 2. The van der Waals surface area contributed by atoms with Crippen molar-refractivity contribution in [3.8, 4) is 5.69 Å². The molecule has 132 valence electrons. The van der Waals surface area contributed by atoms with Crippen molar-refractivity contribution in [2.24, 2.45) is 0 Å². The zero-order valence-corrected chi connectivity index (χ0v) is 14.6. The first-order valence-corrected chi connectivity index (χ1v) is 8.78. The Hall–Kier alpha value is -2.70. The average molecular weight is 341 g/mol. The Bertz CT molecular complexity index is 762. The number of hydrogen-bond donors (Lipinski definition) is 2. The Balaban J connectivity index is 1.84. The first-order valence-electron chi connectivity index (χ1n) is 8.78. The highest BCUT2D eigenvalue weighted by atomic mass is 16.2. The van der Waals surface area contributed by atoms with Gasteiger partial charge in [-0.2, -0.15) is 0 Å². The molecule has 2 amide bonds. The smallest absolute Gasteiger partial charge is 0.273 e. The normalized spacial score (nSPS) is 13.5. The maximum atomic E-state index is 12.4. The highest BCUT2D eigenvalue weighted by Crippen LogP contribution is 2.21. The summed E-state index contributed by atoms with van der Waals surface area (Å²) < 4.78 is 1.71. The first-order chi connectivity index (χ1) is 12.1. The van der Waals surface area contributed by atoms with Crippen LogP contribution in [0, 0.1) is 0 Å². The fraction of sp³-hybridized carbons (Fsp3) is 0.444. The Morgan fingerprint density at radius 2 is 1.92 bits per heavy atom. The molecule has 0 spiro atoms. The van der Waals surface area contributed by atoms with Crippen LogP contribution >= 0.6 is 0 Å². The van der Waals surface area contributed by atoms with Crippen molar-refractivity contribution in [1.29, 1.82) is 0 Å². The van der Waals surface area contributed by atoms with E-state index in [2.05, 4.69) is 27.9 Å². The molecule has 3 rings (SSSR count). The lowest BCUT2D eigenvalue weighted by Crippen LogP contribution is -2.27. The second-order valence-corrected chi connectivity index (χ2v) is 6.24. The molecule has 0 aliphatic heterocycles. The number of nitrogens with one attached hydrogen (secondary N) is 2. The van der Waals surface area contributed by atoms with Gasteiger partial charge in [-0.3, -0.25) is 9.59 Å². The molecule has 1 aromatic carbocycles. The molecule has 1 heterocycles. The summed E-state index contributed by atoms with van der Waals surface area (Å²) in [7, 11) is 0. The molecule has 0 radical (unpaired) electrons. The van der Waals surface area contributed by atoms with Gasteiger partial charge in [0, 0.05) is 18.2 Å². The molecule has 2 aromatic rings. The van der Waals surface area contributed by atoms with Crippen LogP contribution in [0.2, 0.25) is 0 Å². The molecule has 25 heavy (non-hydrogen) atoms. The standard InChI is InChI=1S/C18H23N5O2/c1-3-5-15-17(18(25)20-13-6-7-13)21-22-23(15)14-10-8-12(9-11-14)19-16(24)4-2/h8-11,13H,3-7H2,1-2H3,(H,19,24)(H,20,25). The zero-order valence-electron chi connectivity index (χ0n) is 14.6. The molecule has 1 saturated carbocycles. The SMILES string of the molecule is CCCc1c(C(=O)NC2CC2)nnn1-c1ccc(NC(=O)CC)cc1. The molecule has 2 N–H and O–H groups in total. The molecule has 1 aromatic heterocycles. The van der Waals surface area contributed by atoms with Crippen molar-refractivity contribution in [3.05, 3.63) is 35.7 Å². The van der Waals surface area contributed by atoms with E-state index in [0.717, 1.165) is 42.8 Å². The second-order valence-electron chi connectivity index (χ2n) is 6.24. The van der Waals surface area contributed by atoms with Crippen molar-refractivity contribution < 1.29 is 9.59 Å². The molecular formula is C18H23N5O2. The van der Waals surface area contributed by atoms with Crippen LogP contribution in [-0.4, -0.2) is 32.9 Å². The van der Waals surface area contributed by atoms with Crippen LogP contribution in [0.3, 0.4) is 0 Å². The predicted octanol–water partition coefficient (Wildman–Crippen LogP) is 2.46. The predicted molar refractivity (Wildman–Crippen MR) is 94.8 cm³/mol. The van der Waals surface area contributed by atoms with Crippen LogP contribution in [0.15, 0.2) is 24.3 Å². The number of benzene rings is 1. The zero-order chi connectivity index (χ0) is 17.8. The van der Waals surface area contributed by atoms with E-state index in [-0.39, 0.29) is 17.9 Å². The summed E-state index contributed by atoms with van der Waals surface area (Å²) in [6, 6.07) is 7.66. The lowest BCUT2D eigenvalue weighted by Gasteiger charge is -2.09. The fourth-order valence-corrected chi connectivity index (χ4v) is 2.56. The van der Waals surface area contributed by atoms with Gasteiger partial charge in [-0.05, 0) is 43.5 Å². The number of anilines is 1. The second kappa shape index (κ2) is 7.46. The fourth-order valence-electron chi connectivity index (χ4n) is 2.56. The Labute approximate surface area is 146 Å². The monoisotopic (exact) mass is 341 g/mol. The Kier molecular flexibility index (Phi) is 5.11. The van der Waals surface area contributed by atoms with E-state index < -0.39 is 0 Å². The lowest BCUT2D eigenvalue weighted by atomic mass is 10.2. The molecule has 7 nitrogen and oxygen atoms in total. The molecule has 1 aliphatic carbocycles. The minimum Gasteiger partial charge on any atom is -0.348 e. The van der Waals surface area contributed by atoms with E-state index in [1.165, 1.54) is 0 Å². The van der Waals surface area contributed by atoms with Gasteiger partial charge in [0.15, 0.2) is 5.69 Å². The van der Waals surface area contributed by atoms with E-state index in [1.54, 1.807) is 4.68 Å². The van der Waals surface area contributed by atoms with E-state index in [1.807, 2.05) is 31.2 Å². The number of nitrogens with zero attached hydrogens (tertiary/aromatic N) is 3. The van der Waals surface area contributed by atoms with Gasteiger partial charge in [0.25, 0.3) is 5.91 Å². The lowest BCUT2D eigenvalue weighted by molar-refractivity contribution is -0.115. The van der Waals surface area contributed by atoms with Crippen LogP contribution in [0.4, 0.5) is 5.69 Å². The summed E-state index contributed by atoms with van der Waals surface area (Å²) >= 11 is 0. The Morgan fingerprint density at radius 3 is 2.52 bits per heavy atom. The van der Waals surface area contributed by atoms with Crippen molar-refractivity contribution >= 4 is 17.5 Å². The first kappa shape index (κ1) is 17.1. The third-order valence-corrected chi connectivity index (χ3v) is 4.09. The van der Waals surface area contributed by atoms with Gasteiger partial charge >= 0.3 is 0 Å². The average Bonchev–Trinajstić information content (AvgIpc) is 3.33. The molecule has 7 heteroatoms. The van der Waals surface area contributed by atoms with E-state index in [4.69, 9.17) is 0 Å². The number of amides is 2. The van der Waals surface area contributed by atoms with Crippen LogP contribution in [0.5, 0.6) is 0 Å². The Morgan fingerprint density at radius 1 is 1.20 bits per heavy atom. The van der Waals surface area contributed by atoms with Gasteiger partial charge in [0.2, 0.25) is 5.91 Å². The van der Waals surface area contributed by atoms with Crippen molar-refractivity contribution in [3.63, 3.8) is 0 Å². The molecule has 0 bridgehead atoms. The van der Waals surface area contributed by atoms with Gasteiger partial charge in [-0.25, -0.2) is 4.68 Å². The summed E-state index contributed by atoms with van der Waals surface area (Å²) in [5.74, 6) is -0.178. The van der Waals surface area contributed by atoms with Crippen LogP contribution < -0.4 is 10.6 Å². The van der Waals surface area contributed by atoms with Crippen molar-refractivity contribution in [1.82, 2.24) is 20.3 Å². The van der Waals surface area contributed by atoms with Gasteiger partial charge in [0.1, 0.15) is 0 Å². The summed E-state index contributed by atoms with van der Waals surface area (Å²) in [6.07, 6.45) is 4.11. The minimum absolute atomic E-state index is 0.0285. The van der Waals surface area contributed by atoms with Gasteiger partial charge in [-0.1, -0.05) is 25.5 Å². The van der Waals surface area contributed by atoms with Gasteiger partial charge in [-0.15, -0.1) is 5.10 Å². The van der Waals surface area contributed by atoms with E-state index >= 15 is 0 Å². The number of aromatic nitrogens is 3. The third kappa shape index (κ3) is 4.04. The van der Waals surface area contributed by atoms with Crippen molar-refractivity contribution in [2.45, 2.75) is 52.0 Å². The third-order valence-electron chi connectivity index (χ3n) is 4.09. The van der Waals surface area contributed by atoms with Crippen LogP contribution in [-0.2, 0) is 11.2 Å². The maximum absolute atomic E-state index is 12.4. The largest absolute Gasteiger partial charge is 0.348 e. The van der Waals surface area contributed by atoms with E-state index in [0.29, 0.717) is 12.1 Å². The highest BCUT2D eigenvalue weighted by Gasteiger charge is 2.27. The van der Waals surface area contributed by atoms with Crippen molar-refractivity contribution in [2.75, 3.05) is 5.32 Å². The molecule has 0 atom stereocenters. The number of carbonyl (C=O) groups is 2. The summed E-state index contributed by atoms with van der Waals surface area (Å²) in [6.45, 7) is 3.87. The molecule has 1 aliphatic rings. The quantitative estimate of drug-likeness (QED) is 0.809. The van der Waals surface area contributed by atoms with Crippen LogP contribution in [0.25, 0.3) is 5.69 Å². The van der Waals surface area contributed by atoms with Gasteiger partial charge in [0.05, 0.1) is 11.4 Å². The summed E-state index contributed by atoms with van der Waals surface area (Å²) in [5.41, 5.74) is 2.76. The highest BCUT2D eigenvalue weighted by molar-refractivity contribution is 5.94. The molecular weight excluding hydrogens is 318 g/mol. The number of hydrogen-bond acceptors (Lipinski definition) is 4. The van der Waals surface area contributed by atoms with E-state index in [9.17, 15) is 9.59 Å². The number of rotatable bonds is 7. The summed E-state index contributed by atoms with van der Waals surface area (Å²) in [4.78, 5) is 23.8. The minimum atomic E-state index is -0.149.